The first kappa shape index (κ1) is 15.6. The van der Waals surface area contributed by atoms with Crippen molar-refractivity contribution in [2.45, 2.75) is 33.2 Å². The topological polar surface area (TPSA) is 47.8 Å². The van der Waals surface area contributed by atoms with Gasteiger partial charge in [-0.2, -0.15) is 0 Å². The van der Waals surface area contributed by atoms with E-state index in [-0.39, 0.29) is 11.0 Å². The molecule has 3 heterocycles. The lowest BCUT2D eigenvalue weighted by atomic mass is 9.85. The molecule has 0 bridgehead atoms. The van der Waals surface area contributed by atoms with Crippen molar-refractivity contribution < 1.29 is 0 Å². The fraction of sp³-hybridized carbons (Fsp3) is 0.286. The third-order valence-electron chi connectivity index (χ3n) is 4.65. The van der Waals surface area contributed by atoms with Gasteiger partial charge in [0, 0.05) is 24.7 Å². The normalized spacial score (nSPS) is 15.3. The summed E-state index contributed by atoms with van der Waals surface area (Å²) in [5, 5.41) is 0.657. The Morgan fingerprint density at radius 1 is 1.16 bits per heavy atom. The number of fused-ring (bicyclic) bond motifs is 2. The molecule has 0 unspecified atom stereocenters. The molecule has 0 aliphatic carbocycles. The summed E-state index contributed by atoms with van der Waals surface area (Å²) in [5.41, 5.74) is 2.48. The number of nitrogens with zero attached hydrogens (tertiary/aromatic N) is 3. The van der Waals surface area contributed by atoms with E-state index in [4.69, 9.17) is 4.98 Å². The van der Waals surface area contributed by atoms with Gasteiger partial charge in [-0.25, -0.2) is 9.97 Å². The Kier molecular flexibility index (Phi) is 3.65. The van der Waals surface area contributed by atoms with Crippen molar-refractivity contribution in [3.63, 3.8) is 0 Å². The van der Waals surface area contributed by atoms with Crippen molar-refractivity contribution in [2.75, 3.05) is 0 Å². The molecule has 0 amide bonds. The first-order valence-corrected chi connectivity index (χ1v) is 8.48. The lowest BCUT2D eigenvalue weighted by Crippen LogP contribution is -2.36. The van der Waals surface area contributed by atoms with Gasteiger partial charge in [0.2, 0.25) is 0 Å². The number of hydrogen-bond donors (Lipinski definition) is 0. The summed E-state index contributed by atoms with van der Waals surface area (Å²) < 4.78 is 1.84. The summed E-state index contributed by atoms with van der Waals surface area (Å²) in [6.07, 6.45) is 3.60. The highest BCUT2D eigenvalue weighted by Gasteiger charge is 2.27. The van der Waals surface area contributed by atoms with Crippen molar-refractivity contribution in [3.05, 3.63) is 70.0 Å². The number of benzene rings is 1. The summed E-state index contributed by atoms with van der Waals surface area (Å²) in [6, 6.07) is 11.3. The maximum Gasteiger partial charge on any atom is 0.261 e. The molecule has 0 atom stereocenters. The predicted octanol–water partition coefficient (Wildman–Crippen LogP) is 3.16. The third kappa shape index (κ3) is 3.06. The quantitative estimate of drug-likeness (QED) is 0.595. The molecule has 1 aliphatic heterocycles. The van der Waals surface area contributed by atoms with Gasteiger partial charge in [0.25, 0.3) is 5.56 Å². The minimum absolute atomic E-state index is 0.0528. The van der Waals surface area contributed by atoms with Crippen molar-refractivity contribution in [3.8, 4) is 11.8 Å². The first-order chi connectivity index (χ1) is 12.0. The Hall–Kier alpha value is -2.93. The Bertz CT molecular complexity index is 1070. The SMILES string of the molecule is CC1(C)CCc2nc3cc(C#Cc4ccccn4)ccc3c(=O)n2C1. The fourth-order valence-electron chi connectivity index (χ4n) is 3.23. The highest BCUT2D eigenvalue weighted by atomic mass is 16.1. The molecular weight excluding hydrogens is 310 g/mol. The van der Waals surface area contributed by atoms with Crippen LogP contribution in [0.1, 0.15) is 37.4 Å². The summed E-state index contributed by atoms with van der Waals surface area (Å²) >= 11 is 0. The third-order valence-corrected chi connectivity index (χ3v) is 4.65. The summed E-state index contributed by atoms with van der Waals surface area (Å²) in [7, 11) is 0. The number of hydrogen-bond acceptors (Lipinski definition) is 3. The minimum Gasteiger partial charge on any atom is -0.296 e. The van der Waals surface area contributed by atoms with E-state index in [2.05, 4.69) is 30.7 Å². The van der Waals surface area contributed by atoms with Gasteiger partial charge >= 0.3 is 0 Å². The van der Waals surface area contributed by atoms with Crippen LogP contribution in [0.15, 0.2) is 47.4 Å². The Morgan fingerprint density at radius 3 is 2.84 bits per heavy atom. The van der Waals surface area contributed by atoms with Gasteiger partial charge in [-0.1, -0.05) is 25.8 Å². The largest absolute Gasteiger partial charge is 0.296 e. The molecule has 25 heavy (non-hydrogen) atoms. The Labute approximate surface area is 146 Å². The zero-order chi connectivity index (χ0) is 17.4. The summed E-state index contributed by atoms with van der Waals surface area (Å²) in [6.45, 7) is 5.12. The van der Waals surface area contributed by atoms with Gasteiger partial charge in [-0.3, -0.25) is 9.36 Å². The fourth-order valence-corrected chi connectivity index (χ4v) is 3.23. The zero-order valence-electron chi connectivity index (χ0n) is 14.4. The second-order valence-corrected chi connectivity index (χ2v) is 7.28. The number of aromatic nitrogens is 3. The Balaban J connectivity index is 1.78. The van der Waals surface area contributed by atoms with E-state index in [1.807, 2.05) is 41.0 Å². The van der Waals surface area contributed by atoms with Crippen LogP contribution in [0.25, 0.3) is 10.9 Å². The maximum atomic E-state index is 12.8. The predicted molar refractivity (Wildman–Crippen MR) is 98.3 cm³/mol. The molecule has 4 heteroatoms. The van der Waals surface area contributed by atoms with E-state index in [0.29, 0.717) is 5.39 Å². The van der Waals surface area contributed by atoms with Gasteiger partial charge in [-0.15, -0.1) is 0 Å². The summed E-state index contributed by atoms with van der Waals surface area (Å²) in [4.78, 5) is 21.8. The Morgan fingerprint density at radius 2 is 2.04 bits per heavy atom. The second kappa shape index (κ2) is 5.86. The molecule has 4 nitrogen and oxygen atoms in total. The maximum absolute atomic E-state index is 12.8. The zero-order valence-corrected chi connectivity index (χ0v) is 14.4. The van der Waals surface area contributed by atoms with E-state index in [1.165, 1.54) is 0 Å². The highest BCUT2D eigenvalue weighted by Crippen LogP contribution is 2.29. The van der Waals surface area contributed by atoms with Crippen LogP contribution in [0.2, 0.25) is 0 Å². The molecule has 0 N–H and O–H groups in total. The van der Waals surface area contributed by atoms with E-state index >= 15 is 0 Å². The number of aryl methyl sites for hydroxylation is 1. The second-order valence-electron chi connectivity index (χ2n) is 7.28. The molecule has 1 aromatic carbocycles. The van der Waals surface area contributed by atoms with Crippen LogP contribution in [0.4, 0.5) is 0 Å². The number of pyridine rings is 1. The van der Waals surface area contributed by atoms with Crippen LogP contribution in [-0.2, 0) is 13.0 Å². The molecule has 0 saturated carbocycles. The smallest absolute Gasteiger partial charge is 0.261 e. The molecule has 124 valence electrons. The van der Waals surface area contributed by atoms with Crippen LogP contribution in [0.5, 0.6) is 0 Å². The highest BCUT2D eigenvalue weighted by molar-refractivity contribution is 5.79. The molecule has 2 aromatic heterocycles. The molecule has 0 saturated heterocycles. The van der Waals surface area contributed by atoms with Gasteiger partial charge < -0.3 is 0 Å². The molecule has 0 radical (unpaired) electrons. The van der Waals surface area contributed by atoms with Crippen molar-refractivity contribution >= 4 is 10.9 Å². The van der Waals surface area contributed by atoms with E-state index in [0.717, 1.165) is 42.0 Å². The molecule has 0 spiro atoms. The first-order valence-electron chi connectivity index (χ1n) is 8.48. The van der Waals surface area contributed by atoms with Crippen molar-refractivity contribution in [1.82, 2.24) is 14.5 Å². The molecular formula is C21H19N3O. The number of rotatable bonds is 0. The van der Waals surface area contributed by atoms with Crippen LogP contribution >= 0.6 is 0 Å². The average Bonchev–Trinajstić information content (AvgIpc) is 2.61. The van der Waals surface area contributed by atoms with Crippen LogP contribution < -0.4 is 5.56 Å². The van der Waals surface area contributed by atoms with Gasteiger partial charge in [-0.05, 0) is 48.1 Å². The van der Waals surface area contributed by atoms with Crippen LogP contribution in [0.3, 0.4) is 0 Å². The lowest BCUT2D eigenvalue weighted by molar-refractivity contribution is 0.240. The van der Waals surface area contributed by atoms with Gasteiger partial charge in [0.15, 0.2) is 0 Å². The van der Waals surface area contributed by atoms with E-state index in [9.17, 15) is 4.79 Å². The lowest BCUT2D eigenvalue weighted by Gasteiger charge is -2.31. The van der Waals surface area contributed by atoms with Gasteiger partial charge in [0.05, 0.1) is 10.9 Å². The van der Waals surface area contributed by atoms with Gasteiger partial charge in [0.1, 0.15) is 11.5 Å². The molecule has 4 rings (SSSR count). The average molecular weight is 329 g/mol. The van der Waals surface area contributed by atoms with Crippen molar-refractivity contribution in [2.24, 2.45) is 5.41 Å². The molecule has 0 fully saturated rings. The van der Waals surface area contributed by atoms with E-state index in [1.54, 1.807) is 6.20 Å². The molecule has 1 aliphatic rings. The van der Waals surface area contributed by atoms with E-state index < -0.39 is 0 Å². The summed E-state index contributed by atoms with van der Waals surface area (Å²) in [5.74, 6) is 7.03. The standard InChI is InChI=1S/C21H19N3O/c1-21(2)11-10-19-23-18-13-15(6-8-16-5-3-4-12-22-16)7-9-17(18)20(25)24(19)14-21/h3-5,7,9,12-13H,10-11,14H2,1-2H3. The van der Waals surface area contributed by atoms with Crippen LogP contribution in [0, 0.1) is 17.3 Å². The van der Waals surface area contributed by atoms with Crippen LogP contribution in [-0.4, -0.2) is 14.5 Å². The minimum atomic E-state index is 0.0528. The van der Waals surface area contributed by atoms with Crippen molar-refractivity contribution in [1.29, 1.82) is 0 Å². The monoisotopic (exact) mass is 329 g/mol. The molecule has 3 aromatic rings.